The monoisotopic (exact) mass is 282 g/mol. The summed E-state index contributed by atoms with van der Waals surface area (Å²) in [5.74, 6) is 0.392. The molecule has 1 heterocycles. The van der Waals surface area contributed by atoms with Crippen LogP contribution in [0.5, 0.6) is 0 Å². The Balaban J connectivity index is 2.15. The van der Waals surface area contributed by atoms with Crippen molar-refractivity contribution in [3.63, 3.8) is 0 Å². The first-order valence-electron chi connectivity index (χ1n) is 6.98. The number of rotatable bonds is 4. The van der Waals surface area contributed by atoms with Crippen molar-refractivity contribution in [3.8, 4) is 0 Å². The molecular weight excluding hydrogens is 260 g/mol. The third kappa shape index (κ3) is 3.41. The second-order valence-electron chi connectivity index (χ2n) is 5.35. The lowest BCUT2D eigenvalue weighted by Gasteiger charge is -2.34. The van der Waals surface area contributed by atoms with Crippen LogP contribution < -0.4 is 10.2 Å². The van der Waals surface area contributed by atoms with Crippen molar-refractivity contribution in [2.75, 3.05) is 31.6 Å². The first-order chi connectivity index (χ1) is 9.15. The largest absolute Gasteiger partial charge is 0.396 e. The highest BCUT2D eigenvalue weighted by molar-refractivity contribution is 6.31. The van der Waals surface area contributed by atoms with Gasteiger partial charge < -0.3 is 15.3 Å². The molecule has 2 unspecified atom stereocenters. The van der Waals surface area contributed by atoms with Crippen LogP contribution in [0.3, 0.4) is 0 Å². The van der Waals surface area contributed by atoms with Crippen molar-refractivity contribution in [1.82, 2.24) is 5.32 Å². The Bertz CT molecular complexity index is 425. The average molecular weight is 283 g/mol. The smallest absolute Gasteiger partial charge is 0.0476 e. The number of aliphatic hydroxyl groups excluding tert-OH is 1. The van der Waals surface area contributed by atoms with E-state index in [2.05, 4.69) is 29.3 Å². The fraction of sp³-hybridized carbons (Fsp3) is 0.600. The second-order valence-corrected chi connectivity index (χ2v) is 5.76. The van der Waals surface area contributed by atoms with Gasteiger partial charge in [-0.1, -0.05) is 17.7 Å². The maximum absolute atomic E-state index is 9.30. The molecule has 0 aliphatic carbocycles. The van der Waals surface area contributed by atoms with Gasteiger partial charge in [-0.2, -0.15) is 0 Å². The van der Waals surface area contributed by atoms with E-state index < -0.39 is 0 Å². The molecule has 0 saturated carbocycles. The van der Waals surface area contributed by atoms with E-state index in [4.69, 9.17) is 11.6 Å². The summed E-state index contributed by atoms with van der Waals surface area (Å²) in [4.78, 5) is 2.32. The molecule has 1 fully saturated rings. The van der Waals surface area contributed by atoms with Gasteiger partial charge in [-0.15, -0.1) is 0 Å². The standard InChI is InChI=1S/C15H23ClN2O/c1-11(17-2)14-6-5-13(8-15(14)16)18-7-3-4-12(9-18)10-19/h5-6,8,11-12,17,19H,3-4,7,9-10H2,1-2H3. The van der Waals surface area contributed by atoms with Crippen LogP contribution in [0.2, 0.25) is 5.02 Å². The van der Waals surface area contributed by atoms with Crippen LogP contribution in [0.25, 0.3) is 0 Å². The van der Waals surface area contributed by atoms with Gasteiger partial charge in [-0.3, -0.25) is 0 Å². The molecule has 1 aromatic rings. The Labute approximate surface area is 120 Å². The highest BCUT2D eigenvalue weighted by atomic mass is 35.5. The topological polar surface area (TPSA) is 35.5 Å². The predicted molar refractivity (Wildman–Crippen MR) is 80.9 cm³/mol. The van der Waals surface area contributed by atoms with Crippen molar-refractivity contribution in [2.45, 2.75) is 25.8 Å². The van der Waals surface area contributed by atoms with Crippen molar-refractivity contribution >= 4 is 17.3 Å². The third-order valence-corrected chi connectivity index (χ3v) is 4.35. The lowest BCUT2D eigenvalue weighted by molar-refractivity contribution is 0.209. The van der Waals surface area contributed by atoms with E-state index in [9.17, 15) is 5.11 Å². The molecule has 2 rings (SSSR count). The number of aliphatic hydroxyl groups is 1. The number of halogens is 1. The van der Waals surface area contributed by atoms with Crippen molar-refractivity contribution in [2.24, 2.45) is 5.92 Å². The molecule has 3 nitrogen and oxygen atoms in total. The second kappa shape index (κ2) is 6.60. The van der Waals surface area contributed by atoms with Crippen LogP contribution in [0.15, 0.2) is 18.2 Å². The molecule has 1 aliphatic rings. The SMILES string of the molecule is CNC(C)c1ccc(N2CCCC(CO)C2)cc1Cl. The fourth-order valence-corrected chi connectivity index (χ4v) is 3.01. The first kappa shape index (κ1) is 14.6. The number of hydrogen-bond acceptors (Lipinski definition) is 3. The van der Waals surface area contributed by atoms with E-state index >= 15 is 0 Å². The van der Waals surface area contributed by atoms with Gasteiger partial charge in [0.05, 0.1) is 0 Å². The van der Waals surface area contributed by atoms with Crippen molar-refractivity contribution in [1.29, 1.82) is 0 Å². The number of benzene rings is 1. The number of hydrogen-bond donors (Lipinski definition) is 2. The van der Waals surface area contributed by atoms with E-state index in [1.165, 1.54) is 0 Å². The summed E-state index contributed by atoms with van der Waals surface area (Å²) >= 11 is 6.38. The lowest BCUT2D eigenvalue weighted by Crippen LogP contribution is -2.36. The van der Waals surface area contributed by atoms with Crippen LogP contribution in [-0.4, -0.2) is 31.9 Å². The van der Waals surface area contributed by atoms with Gasteiger partial charge in [0, 0.05) is 36.4 Å². The highest BCUT2D eigenvalue weighted by Gasteiger charge is 2.20. The van der Waals surface area contributed by atoms with Gasteiger partial charge in [0.1, 0.15) is 0 Å². The Hall–Kier alpha value is -0.770. The number of piperidine rings is 1. The van der Waals surface area contributed by atoms with Crippen LogP contribution in [0, 0.1) is 5.92 Å². The zero-order valence-electron chi connectivity index (χ0n) is 11.7. The van der Waals surface area contributed by atoms with Crippen molar-refractivity contribution < 1.29 is 5.11 Å². The minimum Gasteiger partial charge on any atom is -0.396 e. The molecule has 1 aliphatic heterocycles. The summed E-state index contributed by atoms with van der Waals surface area (Å²) in [5.41, 5.74) is 2.29. The molecule has 0 aromatic heterocycles. The van der Waals surface area contributed by atoms with E-state index in [0.29, 0.717) is 5.92 Å². The van der Waals surface area contributed by atoms with E-state index in [1.54, 1.807) is 0 Å². The molecule has 2 atom stereocenters. The predicted octanol–water partition coefficient (Wildman–Crippen LogP) is 2.83. The van der Waals surface area contributed by atoms with E-state index in [-0.39, 0.29) is 12.6 Å². The van der Waals surface area contributed by atoms with Crippen molar-refractivity contribution in [3.05, 3.63) is 28.8 Å². The minimum atomic E-state index is 0.257. The molecule has 4 heteroatoms. The Morgan fingerprint density at radius 2 is 2.32 bits per heavy atom. The molecule has 1 aromatic carbocycles. The van der Waals surface area contributed by atoms with Crippen LogP contribution in [0.1, 0.15) is 31.4 Å². The zero-order chi connectivity index (χ0) is 13.8. The lowest BCUT2D eigenvalue weighted by atomic mass is 9.98. The highest BCUT2D eigenvalue weighted by Crippen LogP contribution is 2.30. The third-order valence-electron chi connectivity index (χ3n) is 4.03. The summed E-state index contributed by atoms with van der Waals surface area (Å²) in [6, 6.07) is 6.54. The van der Waals surface area contributed by atoms with E-state index in [1.807, 2.05) is 13.1 Å². The Morgan fingerprint density at radius 1 is 1.53 bits per heavy atom. The summed E-state index contributed by atoms with van der Waals surface area (Å²) in [7, 11) is 1.94. The van der Waals surface area contributed by atoms with Gasteiger partial charge in [0.2, 0.25) is 0 Å². The number of nitrogens with zero attached hydrogens (tertiary/aromatic N) is 1. The zero-order valence-corrected chi connectivity index (χ0v) is 12.5. The normalized spacial score (nSPS) is 21.5. The van der Waals surface area contributed by atoms with E-state index in [0.717, 1.165) is 42.2 Å². The van der Waals surface area contributed by atoms with Gasteiger partial charge >= 0.3 is 0 Å². The maximum Gasteiger partial charge on any atom is 0.0476 e. The Morgan fingerprint density at radius 3 is 2.95 bits per heavy atom. The van der Waals surface area contributed by atoms with Gasteiger partial charge in [0.15, 0.2) is 0 Å². The minimum absolute atomic E-state index is 0.257. The molecule has 2 N–H and O–H groups in total. The van der Waals surface area contributed by atoms with Crippen LogP contribution in [0.4, 0.5) is 5.69 Å². The summed E-state index contributed by atoms with van der Waals surface area (Å²) in [6.07, 6.45) is 2.26. The van der Waals surface area contributed by atoms with Gasteiger partial charge in [0.25, 0.3) is 0 Å². The molecule has 0 spiro atoms. The number of nitrogens with one attached hydrogen (secondary N) is 1. The molecular formula is C15H23ClN2O. The summed E-state index contributed by atoms with van der Waals surface area (Å²) < 4.78 is 0. The summed E-state index contributed by atoms with van der Waals surface area (Å²) in [5, 5.41) is 13.3. The number of anilines is 1. The fourth-order valence-electron chi connectivity index (χ4n) is 2.67. The molecule has 0 radical (unpaired) electrons. The molecule has 0 amide bonds. The average Bonchev–Trinajstić information content (AvgIpc) is 2.46. The van der Waals surface area contributed by atoms with Crippen LogP contribution >= 0.6 is 11.6 Å². The molecule has 1 saturated heterocycles. The van der Waals surface area contributed by atoms with Gasteiger partial charge in [-0.25, -0.2) is 0 Å². The van der Waals surface area contributed by atoms with Crippen LogP contribution in [-0.2, 0) is 0 Å². The quantitative estimate of drug-likeness (QED) is 0.891. The summed E-state index contributed by atoms with van der Waals surface area (Å²) in [6.45, 7) is 4.35. The molecule has 0 bridgehead atoms. The Kier molecular flexibility index (Phi) is 5.08. The van der Waals surface area contributed by atoms with Gasteiger partial charge in [-0.05, 0) is 50.4 Å². The molecule has 106 valence electrons. The first-order valence-corrected chi connectivity index (χ1v) is 7.36. The maximum atomic E-state index is 9.30. The molecule has 19 heavy (non-hydrogen) atoms.